The summed E-state index contributed by atoms with van der Waals surface area (Å²) in [5.41, 5.74) is 7.31. The Morgan fingerprint density at radius 2 is 1.69 bits per heavy atom. The average molecular weight is 501 g/mol. The Bertz CT molecular complexity index is 1410. The van der Waals surface area contributed by atoms with Crippen LogP contribution in [0.25, 0.3) is 11.3 Å². The van der Waals surface area contributed by atoms with E-state index in [-0.39, 0.29) is 11.6 Å². The monoisotopic (exact) mass is 500 g/mol. The molecule has 1 N–H and O–H groups in total. The Morgan fingerprint density at radius 3 is 2.37 bits per heavy atom. The minimum atomic E-state index is -0.332. The van der Waals surface area contributed by atoms with Crippen molar-refractivity contribution in [2.45, 2.75) is 27.2 Å². The van der Waals surface area contributed by atoms with E-state index in [9.17, 15) is 4.79 Å². The summed E-state index contributed by atoms with van der Waals surface area (Å²) in [6.07, 6.45) is 0.957. The van der Waals surface area contributed by atoms with Crippen molar-refractivity contribution in [1.82, 2.24) is 9.97 Å². The van der Waals surface area contributed by atoms with E-state index in [2.05, 4.69) is 39.4 Å². The lowest BCUT2D eigenvalue weighted by Crippen LogP contribution is -2.28. The van der Waals surface area contributed by atoms with Gasteiger partial charge in [0.1, 0.15) is 5.71 Å². The molecule has 176 valence electrons. The van der Waals surface area contributed by atoms with Gasteiger partial charge in [-0.25, -0.2) is 9.97 Å². The number of hydrogen-bond donors (Lipinski definition) is 1. The highest BCUT2D eigenvalue weighted by molar-refractivity contribution is 7.15. The summed E-state index contributed by atoms with van der Waals surface area (Å²) < 4.78 is 0. The summed E-state index contributed by atoms with van der Waals surface area (Å²) >= 11 is 2.93. The lowest BCUT2D eigenvalue weighted by molar-refractivity contribution is -0.112. The van der Waals surface area contributed by atoms with E-state index in [1.54, 1.807) is 11.3 Å². The summed E-state index contributed by atoms with van der Waals surface area (Å²) in [4.78, 5) is 23.9. The molecule has 0 saturated heterocycles. The molecule has 0 radical (unpaired) electrons. The van der Waals surface area contributed by atoms with Crippen LogP contribution < -0.4 is 10.4 Å². The van der Waals surface area contributed by atoms with E-state index in [4.69, 9.17) is 0 Å². The summed E-state index contributed by atoms with van der Waals surface area (Å²) in [6, 6.07) is 19.4. The van der Waals surface area contributed by atoms with Gasteiger partial charge in [-0.1, -0.05) is 74.5 Å². The molecule has 5 rings (SSSR count). The molecular formula is C26H24N6OS2. The summed E-state index contributed by atoms with van der Waals surface area (Å²) in [6.45, 7) is 6.37. The second kappa shape index (κ2) is 9.89. The van der Waals surface area contributed by atoms with Gasteiger partial charge in [-0.3, -0.25) is 10.2 Å². The largest absolute Gasteiger partial charge is 0.303 e. The van der Waals surface area contributed by atoms with E-state index in [1.165, 1.54) is 21.2 Å². The molecule has 1 amide bonds. The number of amides is 1. The number of rotatable bonds is 7. The zero-order chi connectivity index (χ0) is 24.4. The fraction of sp³-hybridized carbons (Fsp3) is 0.192. The highest BCUT2D eigenvalue weighted by Crippen LogP contribution is 2.30. The third-order valence-electron chi connectivity index (χ3n) is 5.36. The van der Waals surface area contributed by atoms with Crippen molar-refractivity contribution >= 4 is 50.3 Å². The Labute approximate surface area is 211 Å². The Balaban J connectivity index is 1.47. The van der Waals surface area contributed by atoms with Crippen LogP contribution >= 0.6 is 22.7 Å². The van der Waals surface area contributed by atoms with Crippen LogP contribution in [0.4, 0.5) is 10.3 Å². The molecule has 0 unspecified atom stereocenters. The first-order valence-electron chi connectivity index (χ1n) is 11.3. The van der Waals surface area contributed by atoms with Gasteiger partial charge >= 0.3 is 5.91 Å². The van der Waals surface area contributed by atoms with E-state index in [0.29, 0.717) is 21.9 Å². The second-order valence-electron chi connectivity index (χ2n) is 8.51. The number of hydrogen-bond acceptors (Lipinski definition) is 8. The van der Waals surface area contributed by atoms with E-state index in [0.717, 1.165) is 28.9 Å². The van der Waals surface area contributed by atoms with Gasteiger partial charge in [0.15, 0.2) is 5.71 Å². The smallest absolute Gasteiger partial charge is 0.265 e. The van der Waals surface area contributed by atoms with Gasteiger partial charge < -0.3 is 0 Å². The van der Waals surface area contributed by atoms with Crippen molar-refractivity contribution in [3.05, 3.63) is 82.2 Å². The van der Waals surface area contributed by atoms with Crippen molar-refractivity contribution in [2.24, 2.45) is 16.1 Å². The summed E-state index contributed by atoms with van der Waals surface area (Å²) in [5.74, 6) is 0.204. The first kappa shape index (κ1) is 23.1. The van der Waals surface area contributed by atoms with Crippen LogP contribution in [0.3, 0.4) is 0 Å². The number of anilines is 2. The number of benzene rings is 2. The number of carbonyl (C=O) groups excluding carboxylic acids is 1. The number of thiazole rings is 2. The number of aryl methyl sites for hydroxylation is 1. The SMILES string of the molecule is Cc1nc(N/N=C2\C(=O)N(c3nc(-c4ccccc4)cs3)N=C2c2ccccc2)sc1CC(C)C. The Kier molecular flexibility index (Phi) is 6.52. The molecule has 0 atom stereocenters. The molecule has 7 nitrogen and oxygen atoms in total. The average Bonchev–Trinajstić information content (AvgIpc) is 3.56. The molecule has 2 aromatic heterocycles. The van der Waals surface area contributed by atoms with Crippen molar-refractivity contribution in [2.75, 3.05) is 10.4 Å². The second-order valence-corrected chi connectivity index (χ2v) is 10.4. The number of hydrazone groups is 2. The van der Waals surface area contributed by atoms with E-state index in [1.807, 2.05) is 73.0 Å². The van der Waals surface area contributed by atoms with Gasteiger partial charge in [0, 0.05) is 21.4 Å². The maximum atomic E-state index is 13.5. The third kappa shape index (κ3) is 4.91. The highest BCUT2D eigenvalue weighted by Gasteiger charge is 2.35. The third-order valence-corrected chi connectivity index (χ3v) is 7.26. The molecular weight excluding hydrogens is 476 g/mol. The number of nitrogens with one attached hydrogen (secondary N) is 1. The topological polar surface area (TPSA) is 82.8 Å². The maximum absolute atomic E-state index is 13.5. The quantitative estimate of drug-likeness (QED) is 0.316. The van der Waals surface area contributed by atoms with Crippen molar-refractivity contribution in [3.8, 4) is 11.3 Å². The Morgan fingerprint density at radius 1 is 1.00 bits per heavy atom. The fourth-order valence-corrected chi connectivity index (χ4v) is 5.56. The lowest BCUT2D eigenvalue weighted by Gasteiger charge is -2.06. The van der Waals surface area contributed by atoms with E-state index < -0.39 is 0 Å². The Hall–Kier alpha value is -3.69. The van der Waals surface area contributed by atoms with Gasteiger partial charge in [-0.15, -0.1) is 22.7 Å². The highest BCUT2D eigenvalue weighted by atomic mass is 32.1. The fourth-order valence-electron chi connectivity index (χ4n) is 3.66. The van der Waals surface area contributed by atoms with Gasteiger partial charge in [0.05, 0.1) is 11.4 Å². The maximum Gasteiger partial charge on any atom is 0.303 e. The molecule has 0 saturated carbocycles. The van der Waals surface area contributed by atoms with Crippen LogP contribution in [-0.2, 0) is 11.2 Å². The van der Waals surface area contributed by atoms with Crippen LogP contribution in [0.15, 0.2) is 76.2 Å². The van der Waals surface area contributed by atoms with Crippen LogP contribution in [0.5, 0.6) is 0 Å². The first-order valence-corrected chi connectivity index (χ1v) is 13.0. The minimum Gasteiger partial charge on any atom is -0.265 e. The molecule has 3 heterocycles. The standard InChI is InChI=1S/C26H24N6OS2/c1-16(2)14-21-17(3)27-25(35-21)30-29-23-22(19-12-8-5-9-13-19)31-32(24(23)33)26-28-20(15-34-26)18-10-6-4-7-11-18/h4-13,15-16H,14H2,1-3H3,(H,27,30)/b29-23-. The summed E-state index contributed by atoms with van der Waals surface area (Å²) in [7, 11) is 0. The lowest BCUT2D eigenvalue weighted by atomic mass is 10.1. The zero-order valence-electron chi connectivity index (χ0n) is 19.6. The van der Waals surface area contributed by atoms with Crippen molar-refractivity contribution in [1.29, 1.82) is 0 Å². The molecule has 0 spiro atoms. The van der Waals surface area contributed by atoms with Crippen molar-refractivity contribution < 1.29 is 4.79 Å². The normalized spacial score (nSPS) is 14.7. The van der Waals surface area contributed by atoms with Gasteiger partial charge in [-0.2, -0.15) is 15.2 Å². The molecule has 1 aliphatic rings. The van der Waals surface area contributed by atoms with Crippen LogP contribution in [0, 0.1) is 12.8 Å². The van der Waals surface area contributed by atoms with Crippen LogP contribution in [-0.4, -0.2) is 27.3 Å². The number of carbonyl (C=O) groups is 1. The molecule has 0 bridgehead atoms. The first-order chi connectivity index (χ1) is 17.0. The van der Waals surface area contributed by atoms with Crippen LogP contribution in [0.1, 0.15) is 30.0 Å². The van der Waals surface area contributed by atoms with Gasteiger partial charge in [0.25, 0.3) is 0 Å². The predicted octanol–water partition coefficient (Wildman–Crippen LogP) is 5.99. The molecule has 0 fully saturated rings. The van der Waals surface area contributed by atoms with Gasteiger partial charge in [0.2, 0.25) is 10.3 Å². The van der Waals surface area contributed by atoms with Crippen LogP contribution in [0.2, 0.25) is 0 Å². The number of nitrogens with zero attached hydrogens (tertiary/aromatic N) is 5. The molecule has 4 aromatic rings. The minimum absolute atomic E-state index is 0.228. The predicted molar refractivity (Wildman–Crippen MR) is 144 cm³/mol. The molecule has 9 heteroatoms. The summed E-state index contributed by atoms with van der Waals surface area (Å²) in [5, 5.41) is 13.5. The van der Waals surface area contributed by atoms with E-state index >= 15 is 0 Å². The zero-order valence-corrected chi connectivity index (χ0v) is 21.2. The molecule has 0 aliphatic carbocycles. The molecule has 1 aliphatic heterocycles. The van der Waals surface area contributed by atoms with Crippen molar-refractivity contribution in [3.63, 3.8) is 0 Å². The number of aromatic nitrogens is 2. The van der Waals surface area contributed by atoms with Gasteiger partial charge in [-0.05, 0) is 19.3 Å². The molecule has 35 heavy (non-hydrogen) atoms. The molecule has 2 aromatic carbocycles.